The Bertz CT molecular complexity index is 436. The van der Waals surface area contributed by atoms with E-state index in [-0.39, 0.29) is 12.3 Å². The van der Waals surface area contributed by atoms with Crippen LogP contribution in [-0.2, 0) is 11.2 Å². The van der Waals surface area contributed by atoms with Crippen molar-refractivity contribution in [1.29, 1.82) is 5.26 Å². The summed E-state index contributed by atoms with van der Waals surface area (Å²) < 4.78 is 0. The lowest BCUT2D eigenvalue weighted by Crippen LogP contribution is -2.04. The molecule has 0 aromatic carbocycles. The minimum absolute atomic E-state index is 0.139. The van der Waals surface area contributed by atoms with Crippen LogP contribution < -0.4 is 5.32 Å². The highest BCUT2D eigenvalue weighted by atomic mass is 35.5. The molecule has 0 atom stereocenters. The molecule has 0 fully saturated rings. The standard InChI is InChI=1S/C8H4ClN3O/c9-7-4(2-10)3-11-8-5(7)1-6(13)12-8/h3H,1H2,(H,11,12,13). The zero-order chi connectivity index (χ0) is 9.42. The molecule has 0 spiro atoms. The summed E-state index contributed by atoms with van der Waals surface area (Å²) in [6.07, 6.45) is 1.56. The molecule has 1 aliphatic heterocycles. The number of hydrogen-bond donors (Lipinski definition) is 1. The van der Waals surface area contributed by atoms with E-state index in [4.69, 9.17) is 16.9 Å². The predicted molar refractivity (Wildman–Crippen MR) is 46.3 cm³/mol. The first kappa shape index (κ1) is 8.02. The van der Waals surface area contributed by atoms with Gasteiger partial charge in [0.2, 0.25) is 5.91 Å². The monoisotopic (exact) mass is 193 g/mol. The predicted octanol–water partition coefficient (Wildman–Crippen LogP) is 1.10. The Morgan fingerprint density at radius 1 is 1.69 bits per heavy atom. The molecule has 1 aromatic heterocycles. The van der Waals surface area contributed by atoms with Crippen molar-refractivity contribution in [2.24, 2.45) is 0 Å². The highest BCUT2D eigenvalue weighted by Crippen LogP contribution is 2.29. The van der Waals surface area contributed by atoms with Crippen LogP contribution in [0.4, 0.5) is 5.82 Å². The van der Waals surface area contributed by atoms with Gasteiger partial charge in [-0.3, -0.25) is 4.79 Å². The van der Waals surface area contributed by atoms with E-state index in [1.165, 1.54) is 6.20 Å². The van der Waals surface area contributed by atoms with E-state index in [9.17, 15) is 4.79 Å². The SMILES string of the molecule is N#Cc1cnc2c(c1Cl)CC(=O)N2. The summed E-state index contributed by atoms with van der Waals surface area (Å²) >= 11 is 5.86. The van der Waals surface area contributed by atoms with Crippen LogP contribution in [0.15, 0.2) is 6.20 Å². The summed E-state index contributed by atoms with van der Waals surface area (Å²) in [7, 11) is 0. The van der Waals surface area contributed by atoms with Crippen LogP contribution in [0.1, 0.15) is 11.1 Å². The molecule has 64 valence electrons. The van der Waals surface area contributed by atoms with Crippen LogP contribution in [-0.4, -0.2) is 10.9 Å². The molecule has 1 aromatic rings. The Morgan fingerprint density at radius 3 is 3.15 bits per heavy atom. The van der Waals surface area contributed by atoms with Gasteiger partial charge in [0.25, 0.3) is 0 Å². The van der Waals surface area contributed by atoms with Gasteiger partial charge in [-0.05, 0) is 0 Å². The third kappa shape index (κ3) is 1.14. The molecule has 2 rings (SSSR count). The van der Waals surface area contributed by atoms with E-state index < -0.39 is 0 Å². The van der Waals surface area contributed by atoms with E-state index in [2.05, 4.69) is 10.3 Å². The summed E-state index contributed by atoms with van der Waals surface area (Å²) in [5, 5.41) is 11.5. The quantitative estimate of drug-likeness (QED) is 0.671. The van der Waals surface area contributed by atoms with Crippen molar-refractivity contribution < 1.29 is 4.79 Å². The smallest absolute Gasteiger partial charge is 0.230 e. The van der Waals surface area contributed by atoms with Crippen molar-refractivity contribution in [2.75, 3.05) is 5.32 Å². The molecule has 13 heavy (non-hydrogen) atoms. The minimum atomic E-state index is -0.139. The average Bonchev–Trinajstić information content (AvgIpc) is 2.47. The number of carbonyl (C=O) groups is 1. The molecule has 0 radical (unpaired) electrons. The van der Waals surface area contributed by atoms with Gasteiger partial charge in [0, 0.05) is 11.8 Å². The minimum Gasteiger partial charge on any atom is -0.310 e. The van der Waals surface area contributed by atoms with Gasteiger partial charge in [0.05, 0.1) is 17.0 Å². The largest absolute Gasteiger partial charge is 0.310 e. The zero-order valence-electron chi connectivity index (χ0n) is 6.47. The third-order valence-corrected chi connectivity index (χ3v) is 2.26. The van der Waals surface area contributed by atoms with Crippen LogP contribution >= 0.6 is 11.6 Å². The first-order valence-corrected chi connectivity index (χ1v) is 3.97. The Hall–Kier alpha value is -1.60. The van der Waals surface area contributed by atoms with Crippen molar-refractivity contribution >= 4 is 23.3 Å². The van der Waals surface area contributed by atoms with Gasteiger partial charge in [-0.1, -0.05) is 11.6 Å². The van der Waals surface area contributed by atoms with Gasteiger partial charge in [-0.2, -0.15) is 5.26 Å². The van der Waals surface area contributed by atoms with Gasteiger partial charge in [-0.15, -0.1) is 0 Å². The van der Waals surface area contributed by atoms with Gasteiger partial charge in [0.1, 0.15) is 11.9 Å². The van der Waals surface area contributed by atoms with Crippen molar-refractivity contribution in [1.82, 2.24) is 4.98 Å². The molecule has 0 bridgehead atoms. The maximum absolute atomic E-state index is 11.0. The molecule has 1 N–H and O–H groups in total. The van der Waals surface area contributed by atoms with E-state index in [1.54, 1.807) is 0 Å². The number of pyridine rings is 1. The Kier molecular flexibility index (Phi) is 1.67. The van der Waals surface area contributed by atoms with Crippen molar-refractivity contribution in [3.8, 4) is 6.07 Å². The van der Waals surface area contributed by atoms with Crippen LogP contribution in [0.5, 0.6) is 0 Å². The number of hydrogen-bond acceptors (Lipinski definition) is 3. The number of halogens is 1. The Balaban J connectivity index is 2.62. The molecule has 0 unspecified atom stereocenters. The first-order valence-electron chi connectivity index (χ1n) is 3.59. The molecular formula is C8H4ClN3O. The average molecular weight is 194 g/mol. The maximum Gasteiger partial charge on any atom is 0.230 e. The van der Waals surface area contributed by atoms with Crippen LogP contribution in [0.25, 0.3) is 0 Å². The van der Waals surface area contributed by atoms with Crippen LogP contribution in [0.2, 0.25) is 5.02 Å². The second-order valence-electron chi connectivity index (χ2n) is 2.65. The van der Waals surface area contributed by atoms with Crippen LogP contribution in [0.3, 0.4) is 0 Å². The summed E-state index contributed by atoms with van der Waals surface area (Å²) in [4.78, 5) is 14.9. The summed E-state index contributed by atoms with van der Waals surface area (Å²) in [6.45, 7) is 0. The number of carbonyl (C=O) groups excluding carboxylic acids is 1. The fourth-order valence-corrected chi connectivity index (χ4v) is 1.46. The number of aromatic nitrogens is 1. The van der Waals surface area contributed by atoms with Gasteiger partial charge >= 0.3 is 0 Å². The normalized spacial score (nSPS) is 13.4. The van der Waals surface area contributed by atoms with Crippen molar-refractivity contribution in [3.63, 3.8) is 0 Å². The molecule has 4 nitrogen and oxygen atoms in total. The van der Waals surface area contributed by atoms with E-state index in [1.807, 2.05) is 6.07 Å². The first-order chi connectivity index (χ1) is 6.22. The second-order valence-corrected chi connectivity index (χ2v) is 3.03. The number of fused-ring (bicyclic) bond motifs is 1. The summed E-state index contributed by atoms with van der Waals surface area (Å²) in [5.41, 5.74) is 0.919. The summed E-state index contributed by atoms with van der Waals surface area (Å²) in [5.74, 6) is 0.327. The maximum atomic E-state index is 11.0. The lowest BCUT2D eigenvalue weighted by molar-refractivity contribution is -0.115. The topological polar surface area (TPSA) is 65.8 Å². The van der Waals surface area contributed by atoms with Gasteiger partial charge in [-0.25, -0.2) is 4.98 Å². The highest BCUT2D eigenvalue weighted by molar-refractivity contribution is 6.33. The molecule has 2 heterocycles. The number of nitrogens with zero attached hydrogens (tertiary/aromatic N) is 2. The summed E-state index contributed by atoms with van der Waals surface area (Å²) in [6, 6.07) is 1.91. The fraction of sp³-hybridized carbons (Fsp3) is 0.125. The van der Waals surface area contributed by atoms with E-state index in [0.717, 1.165) is 0 Å². The molecule has 0 saturated carbocycles. The number of nitriles is 1. The lowest BCUT2D eigenvalue weighted by Gasteiger charge is -1.99. The molecular weight excluding hydrogens is 190 g/mol. The number of rotatable bonds is 0. The van der Waals surface area contributed by atoms with Crippen LogP contribution in [0, 0.1) is 11.3 Å². The molecule has 5 heteroatoms. The lowest BCUT2D eigenvalue weighted by atomic mass is 10.2. The number of nitrogens with one attached hydrogen (secondary N) is 1. The van der Waals surface area contributed by atoms with Gasteiger partial charge in [0.15, 0.2) is 0 Å². The van der Waals surface area contributed by atoms with E-state index >= 15 is 0 Å². The fourth-order valence-electron chi connectivity index (χ4n) is 1.21. The Labute approximate surface area is 79.1 Å². The third-order valence-electron chi connectivity index (χ3n) is 1.83. The molecule has 0 aliphatic carbocycles. The number of anilines is 1. The molecule has 1 aliphatic rings. The highest BCUT2D eigenvalue weighted by Gasteiger charge is 2.23. The molecule has 0 saturated heterocycles. The van der Waals surface area contributed by atoms with E-state index in [0.29, 0.717) is 22.0 Å². The zero-order valence-corrected chi connectivity index (χ0v) is 7.22. The van der Waals surface area contributed by atoms with Crippen molar-refractivity contribution in [3.05, 3.63) is 22.3 Å². The van der Waals surface area contributed by atoms with Gasteiger partial charge < -0.3 is 5.32 Å². The molecule has 1 amide bonds. The Morgan fingerprint density at radius 2 is 2.46 bits per heavy atom. The second kappa shape index (κ2) is 2.71. The number of amides is 1. The van der Waals surface area contributed by atoms with Crippen molar-refractivity contribution in [2.45, 2.75) is 6.42 Å².